The van der Waals surface area contributed by atoms with Crippen LogP contribution in [0.25, 0.3) is 10.8 Å². The summed E-state index contributed by atoms with van der Waals surface area (Å²) >= 11 is 5.92. The minimum atomic E-state index is -1.05. The molecule has 19 heavy (non-hydrogen) atoms. The fraction of sp³-hybridized carbons (Fsp3) is 0.0769. The van der Waals surface area contributed by atoms with Gasteiger partial charge < -0.3 is 15.3 Å². The fourth-order valence-corrected chi connectivity index (χ4v) is 1.93. The molecule has 0 saturated carbocycles. The number of aromatic hydroxyl groups is 2. The zero-order valence-corrected chi connectivity index (χ0v) is 10.4. The van der Waals surface area contributed by atoms with Crippen molar-refractivity contribution in [1.29, 1.82) is 0 Å². The van der Waals surface area contributed by atoms with Crippen molar-refractivity contribution >= 4 is 40.2 Å². The van der Waals surface area contributed by atoms with Gasteiger partial charge in [0.2, 0.25) is 0 Å². The molecule has 0 heterocycles. The Balaban J connectivity index is 2.61. The van der Waals surface area contributed by atoms with Crippen molar-refractivity contribution < 1.29 is 20.1 Å². The normalized spacial score (nSPS) is 11.2. The molecular weight excluding hydrogens is 270 g/mol. The lowest BCUT2D eigenvalue weighted by atomic mass is 10.1. The van der Waals surface area contributed by atoms with Crippen LogP contribution in [0.15, 0.2) is 29.3 Å². The maximum Gasteiger partial charge on any atom is 0.308 e. The second-order valence-electron chi connectivity index (χ2n) is 3.81. The number of carbonyl (C=O) groups is 1. The van der Waals surface area contributed by atoms with Crippen LogP contribution in [0.1, 0.15) is 6.42 Å². The van der Waals surface area contributed by atoms with Gasteiger partial charge >= 0.3 is 5.97 Å². The van der Waals surface area contributed by atoms with Crippen molar-refractivity contribution in [3.63, 3.8) is 0 Å². The maximum absolute atomic E-state index is 10.4. The first-order valence-electron chi connectivity index (χ1n) is 5.38. The number of phenolic OH excluding ortho intramolecular Hbond substituents is 2. The molecule has 0 fully saturated rings. The van der Waals surface area contributed by atoms with Crippen LogP contribution in [0.5, 0.6) is 11.5 Å². The highest BCUT2D eigenvalue weighted by atomic mass is 35.5. The van der Waals surface area contributed by atoms with Crippen molar-refractivity contribution in [3.05, 3.63) is 29.3 Å². The third-order valence-corrected chi connectivity index (χ3v) is 2.92. The van der Waals surface area contributed by atoms with E-state index in [1.165, 1.54) is 0 Å². The van der Waals surface area contributed by atoms with Crippen molar-refractivity contribution in [2.75, 3.05) is 0 Å². The SMILES string of the molecule is O=C(O)CC=Nc1c(Cl)c(O)c2ccccc2c1O. The van der Waals surface area contributed by atoms with Crippen molar-refractivity contribution in [2.45, 2.75) is 6.42 Å². The number of benzene rings is 2. The third-order valence-electron chi connectivity index (χ3n) is 2.56. The molecule has 0 aliphatic heterocycles. The Bertz CT molecular complexity index is 682. The molecule has 0 saturated heterocycles. The van der Waals surface area contributed by atoms with Crippen LogP contribution < -0.4 is 0 Å². The first-order chi connectivity index (χ1) is 9.02. The Morgan fingerprint density at radius 3 is 2.37 bits per heavy atom. The Kier molecular flexibility index (Phi) is 3.57. The Morgan fingerprint density at radius 2 is 1.79 bits per heavy atom. The molecule has 0 aliphatic rings. The zero-order valence-electron chi connectivity index (χ0n) is 9.67. The van der Waals surface area contributed by atoms with Gasteiger partial charge in [-0.25, -0.2) is 0 Å². The lowest BCUT2D eigenvalue weighted by molar-refractivity contribution is -0.135. The van der Waals surface area contributed by atoms with E-state index in [9.17, 15) is 15.0 Å². The third kappa shape index (κ3) is 2.46. The maximum atomic E-state index is 10.4. The monoisotopic (exact) mass is 279 g/mol. The minimum absolute atomic E-state index is 0.0425. The lowest BCUT2D eigenvalue weighted by Gasteiger charge is -2.09. The number of aliphatic carboxylic acids is 1. The molecular formula is C13H10ClNO4. The second-order valence-corrected chi connectivity index (χ2v) is 4.19. The van der Waals surface area contributed by atoms with Crippen molar-refractivity contribution in [1.82, 2.24) is 0 Å². The number of rotatable bonds is 3. The topological polar surface area (TPSA) is 90.1 Å². The summed E-state index contributed by atoms with van der Waals surface area (Å²) in [5.41, 5.74) is -0.0425. The van der Waals surface area contributed by atoms with E-state index in [-0.39, 0.29) is 28.6 Å². The molecule has 2 aromatic rings. The zero-order chi connectivity index (χ0) is 14.0. The largest absolute Gasteiger partial charge is 0.506 e. The molecule has 0 spiro atoms. The van der Waals surface area contributed by atoms with Crippen LogP contribution in [-0.2, 0) is 4.79 Å². The van der Waals surface area contributed by atoms with Crippen molar-refractivity contribution in [3.8, 4) is 11.5 Å². The minimum Gasteiger partial charge on any atom is -0.506 e. The smallest absolute Gasteiger partial charge is 0.308 e. The molecule has 0 aliphatic carbocycles. The van der Waals surface area contributed by atoms with Gasteiger partial charge in [0.1, 0.15) is 16.5 Å². The van der Waals surface area contributed by atoms with Crippen LogP contribution in [0.4, 0.5) is 5.69 Å². The van der Waals surface area contributed by atoms with Gasteiger partial charge in [-0.15, -0.1) is 0 Å². The molecule has 2 aromatic carbocycles. The number of halogens is 1. The summed E-state index contributed by atoms with van der Waals surface area (Å²) in [4.78, 5) is 14.2. The van der Waals surface area contributed by atoms with E-state index in [0.29, 0.717) is 10.8 Å². The standard InChI is InChI=1S/C13H10ClNO4/c14-10-11(15-6-5-9(16)17)13(19)8-4-2-1-3-7(8)12(10)18/h1-4,6,18-19H,5H2,(H,16,17). The molecule has 5 nitrogen and oxygen atoms in total. The number of carboxylic acid groups (broad SMARTS) is 1. The second kappa shape index (κ2) is 5.16. The van der Waals surface area contributed by atoms with E-state index in [0.717, 1.165) is 6.21 Å². The molecule has 0 atom stereocenters. The van der Waals surface area contributed by atoms with Gasteiger partial charge in [-0.3, -0.25) is 9.79 Å². The summed E-state index contributed by atoms with van der Waals surface area (Å²) in [5.74, 6) is -1.44. The number of nitrogens with zero attached hydrogens (tertiary/aromatic N) is 1. The molecule has 98 valence electrons. The van der Waals surface area contributed by atoms with Gasteiger partial charge in [-0.1, -0.05) is 35.9 Å². The number of hydrogen-bond donors (Lipinski definition) is 3. The fourth-order valence-electron chi connectivity index (χ4n) is 1.69. The van der Waals surface area contributed by atoms with Gasteiger partial charge in [0.05, 0.1) is 6.42 Å². The van der Waals surface area contributed by atoms with Crippen LogP contribution in [0, 0.1) is 0 Å². The molecule has 0 bridgehead atoms. The number of carboxylic acids is 1. The summed E-state index contributed by atoms with van der Waals surface area (Å²) < 4.78 is 0. The summed E-state index contributed by atoms with van der Waals surface area (Å²) in [6.07, 6.45) is 0.806. The van der Waals surface area contributed by atoms with E-state index in [1.54, 1.807) is 24.3 Å². The molecule has 0 amide bonds. The first kappa shape index (κ1) is 13.2. The average molecular weight is 280 g/mol. The summed E-state index contributed by atoms with van der Waals surface area (Å²) in [5, 5.41) is 29.2. The van der Waals surface area contributed by atoms with Gasteiger partial charge in [0.15, 0.2) is 5.75 Å². The van der Waals surface area contributed by atoms with E-state index >= 15 is 0 Å². The van der Waals surface area contributed by atoms with Crippen LogP contribution in [0.2, 0.25) is 5.02 Å². The summed E-state index contributed by atoms with van der Waals surface area (Å²) in [7, 11) is 0. The van der Waals surface area contributed by atoms with E-state index in [1.807, 2.05) is 0 Å². The molecule has 2 rings (SSSR count). The lowest BCUT2D eigenvalue weighted by Crippen LogP contribution is -1.93. The van der Waals surface area contributed by atoms with Gasteiger partial charge in [0.25, 0.3) is 0 Å². The van der Waals surface area contributed by atoms with Crippen LogP contribution in [-0.4, -0.2) is 27.5 Å². The predicted molar refractivity (Wildman–Crippen MR) is 72.7 cm³/mol. The number of hydrogen-bond acceptors (Lipinski definition) is 4. The summed E-state index contributed by atoms with van der Waals surface area (Å²) in [6.45, 7) is 0. The summed E-state index contributed by atoms with van der Waals surface area (Å²) in [6, 6.07) is 6.61. The van der Waals surface area contributed by atoms with Crippen LogP contribution >= 0.6 is 11.6 Å². The molecule has 6 heteroatoms. The Hall–Kier alpha value is -2.27. The quantitative estimate of drug-likeness (QED) is 0.595. The Labute approximate surface area is 113 Å². The van der Waals surface area contributed by atoms with E-state index in [4.69, 9.17) is 16.7 Å². The predicted octanol–water partition coefficient (Wildman–Crippen LogP) is 3.08. The highest BCUT2D eigenvalue weighted by Gasteiger charge is 2.16. The van der Waals surface area contributed by atoms with Gasteiger partial charge in [-0.2, -0.15) is 0 Å². The number of phenols is 2. The number of aliphatic imine (C=N–C) groups is 1. The van der Waals surface area contributed by atoms with Gasteiger partial charge in [0, 0.05) is 17.0 Å². The van der Waals surface area contributed by atoms with E-state index < -0.39 is 5.97 Å². The number of fused-ring (bicyclic) bond motifs is 1. The first-order valence-corrected chi connectivity index (χ1v) is 5.76. The van der Waals surface area contributed by atoms with E-state index in [2.05, 4.69) is 4.99 Å². The highest BCUT2D eigenvalue weighted by Crippen LogP contribution is 2.47. The molecule has 3 N–H and O–H groups in total. The van der Waals surface area contributed by atoms with Crippen molar-refractivity contribution in [2.24, 2.45) is 4.99 Å². The Morgan fingerprint density at radius 1 is 1.21 bits per heavy atom. The molecule has 0 radical (unpaired) electrons. The highest BCUT2D eigenvalue weighted by molar-refractivity contribution is 6.36. The van der Waals surface area contributed by atoms with Crippen LogP contribution in [0.3, 0.4) is 0 Å². The molecule has 0 unspecified atom stereocenters. The average Bonchev–Trinajstić information content (AvgIpc) is 2.40. The van der Waals surface area contributed by atoms with Gasteiger partial charge in [-0.05, 0) is 0 Å². The molecule has 0 aromatic heterocycles.